The summed E-state index contributed by atoms with van der Waals surface area (Å²) in [5.41, 5.74) is -1.22. The molecule has 6 N–H and O–H groups in total. The molecule has 2 aromatic carbocycles. The van der Waals surface area contributed by atoms with Gasteiger partial charge in [-0.3, -0.25) is 4.79 Å². The number of phenols is 3. The Morgan fingerprint density at radius 2 is 1.43 bits per heavy atom. The van der Waals surface area contributed by atoms with Crippen molar-refractivity contribution in [1.29, 1.82) is 0 Å². The molecule has 13 heteroatoms. The van der Waals surface area contributed by atoms with Gasteiger partial charge in [-0.25, -0.2) is 0 Å². The van der Waals surface area contributed by atoms with Crippen LogP contribution in [0.15, 0.2) is 27.4 Å². The van der Waals surface area contributed by atoms with Gasteiger partial charge in [-0.05, 0) is 19.1 Å². The monoisotopic (exact) mass is 522 g/mol. The standard InChI is InChI=1S/C24H26O13/c1-8-15(27)18(30)19(31)24(35-8)37-23-17(29)14-10(25)7-11(26)21(34-4)22(14)36-20(23)9-5-12(32-2)16(28)13(6-9)33-3/h5-8,15,18-19,24-28,30-31H,1-4H3/t8-,15-,18+,19+,24-/m0/s1. The van der Waals surface area contributed by atoms with Gasteiger partial charge >= 0.3 is 0 Å². The lowest BCUT2D eigenvalue weighted by Crippen LogP contribution is -2.58. The van der Waals surface area contributed by atoms with Crippen LogP contribution in [0.1, 0.15) is 6.92 Å². The van der Waals surface area contributed by atoms with Gasteiger partial charge in [0.05, 0.1) is 27.4 Å². The maximum Gasteiger partial charge on any atom is 0.239 e. The van der Waals surface area contributed by atoms with Crippen LogP contribution >= 0.6 is 0 Å². The average molecular weight is 522 g/mol. The molecule has 4 rings (SSSR count). The maximum absolute atomic E-state index is 13.7. The Morgan fingerprint density at radius 1 is 0.811 bits per heavy atom. The summed E-state index contributed by atoms with van der Waals surface area (Å²) in [6.45, 7) is 1.43. The Hall–Kier alpha value is -3.91. The minimum atomic E-state index is -1.78. The number of fused-ring (bicyclic) bond motifs is 1. The summed E-state index contributed by atoms with van der Waals surface area (Å²) in [5, 5.41) is 61.2. The number of hydrogen-bond acceptors (Lipinski definition) is 13. The van der Waals surface area contributed by atoms with Gasteiger partial charge in [-0.1, -0.05) is 0 Å². The summed E-state index contributed by atoms with van der Waals surface area (Å²) in [4.78, 5) is 13.7. The van der Waals surface area contributed by atoms with E-state index in [4.69, 9.17) is 28.1 Å². The van der Waals surface area contributed by atoms with Crippen LogP contribution in [0.4, 0.5) is 0 Å². The molecule has 13 nitrogen and oxygen atoms in total. The van der Waals surface area contributed by atoms with E-state index in [9.17, 15) is 35.4 Å². The van der Waals surface area contributed by atoms with Gasteiger partial charge in [0.25, 0.3) is 0 Å². The van der Waals surface area contributed by atoms with E-state index in [1.165, 1.54) is 40.4 Å². The second kappa shape index (κ2) is 9.86. The van der Waals surface area contributed by atoms with Crippen LogP contribution < -0.4 is 24.4 Å². The van der Waals surface area contributed by atoms with E-state index in [0.717, 1.165) is 6.07 Å². The first-order valence-corrected chi connectivity index (χ1v) is 10.9. The molecule has 1 saturated heterocycles. The molecule has 1 aromatic heterocycles. The van der Waals surface area contributed by atoms with Gasteiger partial charge in [0.15, 0.2) is 28.6 Å². The summed E-state index contributed by atoms with van der Waals surface area (Å²) >= 11 is 0. The van der Waals surface area contributed by atoms with Crippen LogP contribution in [-0.2, 0) is 4.74 Å². The molecule has 0 bridgehead atoms. The summed E-state index contributed by atoms with van der Waals surface area (Å²) in [6.07, 6.45) is -7.50. The number of benzene rings is 2. The number of rotatable bonds is 6. The van der Waals surface area contributed by atoms with Crippen molar-refractivity contribution < 1.29 is 58.7 Å². The first-order valence-electron chi connectivity index (χ1n) is 10.9. The van der Waals surface area contributed by atoms with Crippen molar-refractivity contribution in [3.8, 4) is 51.6 Å². The Bertz CT molecular complexity index is 1360. The maximum atomic E-state index is 13.7. The van der Waals surface area contributed by atoms with Crippen molar-refractivity contribution in [2.45, 2.75) is 37.6 Å². The molecule has 1 aliphatic rings. The molecule has 37 heavy (non-hydrogen) atoms. The molecular formula is C24H26O13. The van der Waals surface area contributed by atoms with Crippen molar-refractivity contribution in [3.63, 3.8) is 0 Å². The highest BCUT2D eigenvalue weighted by Gasteiger charge is 2.44. The van der Waals surface area contributed by atoms with Crippen molar-refractivity contribution in [1.82, 2.24) is 0 Å². The number of ether oxygens (including phenoxy) is 5. The predicted octanol–water partition coefficient (Wildman–Crippen LogP) is 0.809. The fourth-order valence-corrected chi connectivity index (χ4v) is 4.04. The van der Waals surface area contributed by atoms with Crippen molar-refractivity contribution in [3.05, 3.63) is 28.4 Å². The SMILES string of the molecule is COc1cc(-c2oc3c(OC)c(O)cc(O)c3c(=O)c2O[C@@H]2O[C@@H](C)[C@H](O)[C@@H](O)[C@H]2O)cc(OC)c1O. The summed E-state index contributed by atoms with van der Waals surface area (Å²) in [5.74, 6) is -2.81. The Morgan fingerprint density at radius 3 is 2.00 bits per heavy atom. The zero-order valence-electron chi connectivity index (χ0n) is 20.2. The zero-order valence-corrected chi connectivity index (χ0v) is 20.2. The first-order chi connectivity index (χ1) is 17.5. The number of phenolic OH excluding ortho intramolecular Hbond substituents is 3. The predicted molar refractivity (Wildman–Crippen MR) is 126 cm³/mol. The van der Waals surface area contributed by atoms with Crippen LogP contribution in [-0.4, -0.2) is 82.7 Å². The molecule has 1 aliphatic heterocycles. The van der Waals surface area contributed by atoms with Gasteiger partial charge in [0.2, 0.25) is 29.0 Å². The number of hydrogen-bond donors (Lipinski definition) is 6. The molecule has 200 valence electrons. The lowest BCUT2D eigenvalue weighted by atomic mass is 10.00. The normalized spacial score (nSPS) is 23.6. The van der Waals surface area contributed by atoms with Gasteiger partial charge in [-0.2, -0.15) is 0 Å². The average Bonchev–Trinajstić information content (AvgIpc) is 2.87. The summed E-state index contributed by atoms with van der Waals surface area (Å²) in [6, 6.07) is 3.47. The van der Waals surface area contributed by atoms with Crippen LogP contribution in [0, 0.1) is 0 Å². The Labute approximate surface area is 209 Å². The number of methoxy groups -OCH3 is 3. The molecule has 0 saturated carbocycles. The molecule has 0 spiro atoms. The van der Waals surface area contributed by atoms with Crippen molar-refractivity contribution >= 4 is 11.0 Å². The van der Waals surface area contributed by atoms with Gasteiger partial charge in [0.1, 0.15) is 29.4 Å². The van der Waals surface area contributed by atoms with Gasteiger partial charge < -0.3 is 58.7 Å². The third kappa shape index (κ3) is 4.31. The minimum Gasteiger partial charge on any atom is -0.507 e. The van der Waals surface area contributed by atoms with E-state index in [0.29, 0.717) is 0 Å². The largest absolute Gasteiger partial charge is 0.507 e. The fraction of sp³-hybridized carbons (Fsp3) is 0.375. The van der Waals surface area contributed by atoms with Crippen LogP contribution in [0.2, 0.25) is 0 Å². The van der Waals surface area contributed by atoms with E-state index in [1.807, 2.05) is 0 Å². The van der Waals surface area contributed by atoms with E-state index >= 15 is 0 Å². The highest BCUT2D eigenvalue weighted by atomic mass is 16.7. The molecule has 3 aromatic rings. The van der Waals surface area contributed by atoms with E-state index in [-0.39, 0.29) is 39.9 Å². The Kier molecular flexibility index (Phi) is 6.97. The third-order valence-corrected chi connectivity index (χ3v) is 6.03. The number of aliphatic hydroxyl groups excluding tert-OH is 3. The molecule has 1 fully saturated rings. The molecule has 0 radical (unpaired) electrons. The summed E-state index contributed by atoms with van der Waals surface area (Å²) < 4.78 is 32.6. The second-order valence-corrected chi connectivity index (χ2v) is 8.27. The van der Waals surface area contributed by atoms with E-state index in [2.05, 4.69) is 0 Å². The lowest BCUT2D eigenvalue weighted by molar-refractivity contribution is -0.268. The van der Waals surface area contributed by atoms with Crippen molar-refractivity contribution in [2.75, 3.05) is 21.3 Å². The highest BCUT2D eigenvalue weighted by molar-refractivity contribution is 5.93. The first kappa shape index (κ1) is 26.2. The molecule has 0 amide bonds. The smallest absolute Gasteiger partial charge is 0.239 e. The third-order valence-electron chi connectivity index (χ3n) is 6.03. The second-order valence-electron chi connectivity index (χ2n) is 8.27. The highest BCUT2D eigenvalue weighted by Crippen LogP contribution is 2.46. The van der Waals surface area contributed by atoms with E-state index < -0.39 is 58.8 Å². The quantitative estimate of drug-likeness (QED) is 0.266. The summed E-state index contributed by atoms with van der Waals surface area (Å²) in [7, 11) is 3.78. The van der Waals surface area contributed by atoms with Crippen LogP contribution in [0.25, 0.3) is 22.3 Å². The van der Waals surface area contributed by atoms with E-state index in [1.54, 1.807) is 0 Å². The zero-order chi connectivity index (χ0) is 27.2. The topological polar surface area (TPSA) is 198 Å². The van der Waals surface area contributed by atoms with Crippen LogP contribution in [0.5, 0.6) is 40.2 Å². The Balaban J connectivity index is 2.03. The molecular weight excluding hydrogens is 496 g/mol. The molecule has 0 unspecified atom stereocenters. The van der Waals surface area contributed by atoms with Gasteiger partial charge in [-0.15, -0.1) is 0 Å². The van der Waals surface area contributed by atoms with Crippen LogP contribution in [0.3, 0.4) is 0 Å². The van der Waals surface area contributed by atoms with Crippen molar-refractivity contribution in [2.24, 2.45) is 0 Å². The minimum absolute atomic E-state index is 0.0603. The molecule has 5 atom stereocenters. The fourth-order valence-electron chi connectivity index (χ4n) is 4.04. The van der Waals surface area contributed by atoms with Gasteiger partial charge in [0, 0.05) is 11.6 Å². The molecule has 0 aliphatic carbocycles. The molecule has 2 heterocycles. The number of aromatic hydroxyl groups is 3. The lowest BCUT2D eigenvalue weighted by Gasteiger charge is -2.38. The number of aliphatic hydroxyl groups is 3.